The van der Waals surface area contributed by atoms with E-state index in [2.05, 4.69) is 15.7 Å². The minimum atomic E-state index is -0.466. The molecule has 276 valence electrons. The molecule has 1 aliphatic rings. The van der Waals surface area contributed by atoms with E-state index < -0.39 is 29.7 Å². The topological polar surface area (TPSA) is 162 Å². The average Bonchev–Trinajstić information content (AvgIpc) is 3.44. The lowest BCUT2D eigenvalue weighted by Crippen LogP contribution is -2.22. The van der Waals surface area contributed by atoms with Crippen molar-refractivity contribution in [2.45, 2.75) is 13.8 Å². The van der Waals surface area contributed by atoms with Gasteiger partial charge in [0, 0.05) is 22.5 Å². The molecule has 0 bridgehead atoms. The highest BCUT2D eigenvalue weighted by Gasteiger charge is 2.32. The Morgan fingerprint density at radius 3 is 1.67 bits per heavy atom. The summed E-state index contributed by atoms with van der Waals surface area (Å²) in [6, 6.07) is 26.3. The van der Waals surface area contributed by atoms with Crippen molar-refractivity contribution in [3.63, 3.8) is 0 Å². The second-order valence-electron chi connectivity index (χ2n) is 11.1. The molecule has 13 nitrogen and oxygen atoms in total. The number of benzene rings is 4. The molecule has 1 aliphatic heterocycles. The number of hydrazone groups is 1. The van der Waals surface area contributed by atoms with Gasteiger partial charge in [-0.2, -0.15) is 10.1 Å². The number of rotatable bonds is 15. The second kappa shape index (κ2) is 19.0. The SMILES string of the molecule is CCOC(=O)c1ccc(NC(=O)COc2ccccc2/C=N/N2C(=O)/C(=C\c3ccccc3OCC(=O)Nc3ccc(C(=O)OCC)cc3)SC2=S)cc1. The Morgan fingerprint density at radius 2 is 1.17 bits per heavy atom. The number of hydrogen-bond donors (Lipinski definition) is 2. The number of amides is 3. The summed E-state index contributed by atoms with van der Waals surface area (Å²) in [6.07, 6.45) is 3.02. The zero-order chi connectivity index (χ0) is 38.5. The van der Waals surface area contributed by atoms with Gasteiger partial charge in [0.1, 0.15) is 11.5 Å². The van der Waals surface area contributed by atoms with Crippen LogP contribution in [0.5, 0.6) is 11.5 Å². The third-order valence-electron chi connectivity index (χ3n) is 7.29. The van der Waals surface area contributed by atoms with Crippen molar-refractivity contribution in [2.75, 3.05) is 37.1 Å². The minimum absolute atomic E-state index is 0.195. The standard InChI is InChI=1S/C39H34N4O9S2/c1-3-49-37(47)25-13-17-29(18-14-25)41-34(44)23-51-31-11-7-5-9-27(31)21-33-36(46)43(39(53)54-33)40-22-28-10-6-8-12-32(28)52-24-35(45)42-30-19-15-26(16-20-30)38(48)50-4-2/h5-22H,3-4,23-24H2,1-2H3,(H,41,44)(H,42,45)/b33-21+,40-22+. The summed E-state index contributed by atoms with van der Waals surface area (Å²) in [5.74, 6) is -1.52. The third kappa shape index (κ3) is 10.6. The van der Waals surface area contributed by atoms with Gasteiger partial charge in [-0.05, 0) is 98.9 Å². The van der Waals surface area contributed by atoms with Crippen LogP contribution in [0.25, 0.3) is 6.08 Å². The molecule has 0 saturated carbocycles. The molecular weight excluding hydrogens is 733 g/mol. The van der Waals surface area contributed by atoms with E-state index >= 15 is 0 Å². The van der Waals surface area contributed by atoms with E-state index in [9.17, 15) is 24.0 Å². The third-order valence-corrected chi connectivity index (χ3v) is 8.57. The first-order valence-corrected chi connectivity index (χ1v) is 17.8. The molecule has 54 heavy (non-hydrogen) atoms. The quantitative estimate of drug-likeness (QED) is 0.0604. The van der Waals surface area contributed by atoms with Crippen LogP contribution in [0.3, 0.4) is 0 Å². The molecule has 0 atom stereocenters. The van der Waals surface area contributed by atoms with Crippen molar-refractivity contribution < 1.29 is 42.9 Å². The van der Waals surface area contributed by atoms with Crippen LogP contribution in [0.15, 0.2) is 107 Å². The van der Waals surface area contributed by atoms with E-state index in [0.29, 0.717) is 45.1 Å². The van der Waals surface area contributed by atoms with Crippen molar-refractivity contribution >= 4 is 81.6 Å². The van der Waals surface area contributed by atoms with E-state index in [1.165, 1.54) is 6.21 Å². The molecule has 1 heterocycles. The molecule has 0 aliphatic carbocycles. The van der Waals surface area contributed by atoms with E-state index in [1.54, 1.807) is 117 Å². The first kappa shape index (κ1) is 38.9. The number of para-hydroxylation sites is 2. The fraction of sp³-hybridized carbons (Fsp3) is 0.154. The summed E-state index contributed by atoms with van der Waals surface area (Å²) in [7, 11) is 0. The monoisotopic (exact) mass is 766 g/mol. The van der Waals surface area contributed by atoms with Crippen LogP contribution in [0, 0.1) is 0 Å². The number of anilines is 2. The lowest BCUT2D eigenvalue weighted by molar-refractivity contribution is -0.122. The normalized spacial score (nSPS) is 13.1. The Morgan fingerprint density at radius 1 is 0.704 bits per heavy atom. The van der Waals surface area contributed by atoms with Crippen LogP contribution < -0.4 is 20.1 Å². The Bertz CT molecular complexity index is 2100. The van der Waals surface area contributed by atoms with Gasteiger partial charge in [-0.15, -0.1) is 0 Å². The summed E-state index contributed by atoms with van der Waals surface area (Å²) < 4.78 is 21.7. The number of thiocarbonyl (C=S) groups is 1. The van der Waals surface area contributed by atoms with Gasteiger partial charge in [-0.1, -0.05) is 42.1 Å². The van der Waals surface area contributed by atoms with Crippen LogP contribution in [0.1, 0.15) is 45.7 Å². The Labute approximate surface area is 320 Å². The predicted octanol–water partition coefficient (Wildman–Crippen LogP) is 6.31. The van der Waals surface area contributed by atoms with Crippen LogP contribution in [-0.2, 0) is 23.9 Å². The largest absolute Gasteiger partial charge is 0.483 e. The molecule has 4 aromatic carbocycles. The lowest BCUT2D eigenvalue weighted by Gasteiger charge is -2.11. The number of carbonyl (C=O) groups is 5. The van der Waals surface area contributed by atoms with Gasteiger partial charge in [-0.25, -0.2) is 9.59 Å². The number of hydrogen-bond acceptors (Lipinski definition) is 12. The van der Waals surface area contributed by atoms with Crippen molar-refractivity contribution in [1.82, 2.24) is 5.01 Å². The number of nitrogens with zero attached hydrogens (tertiary/aromatic N) is 2. The fourth-order valence-electron chi connectivity index (χ4n) is 4.76. The van der Waals surface area contributed by atoms with E-state index in [0.717, 1.165) is 16.8 Å². The smallest absolute Gasteiger partial charge is 0.338 e. The summed E-state index contributed by atoms with van der Waals surface area (Å²) in [5.41, 5.74) is 2.72. The predicted molar refractivity (Wildman–Crippen MR) is 209 cm³/mol. The molecule has 0 radical (unpaired) electrons. The molecule has 5 rings (SSSR count). The van der Waals surface area contributed by atoms with Crippen LogP contribution in [-0.4, -0.2) is 71.6 Å². The zero-order valence-electron chi connectivity index (χ0n) is 29.1. The molecule has 1 fully saturated rings. The van der Waals surface area contributed by atoms with E-state index in [4.69, 9.17) is 31.2 Å². The van der Waals surface area contributed by atoms with Gasteiger partial charge < -0.3 is 29.6 Å². The number of ether oxygens (including phenoxy) is 4. The number of carbonyl (C=O) groups excluding carboxylic acids is 5. The molecule has 15 heteroatoms. The van der Waals surface area contributed by atoms with Crippen molar-refractivity contribution in [2.24, 2.45) is 5.10 Å². The van der Waals surface area contributed by atoms with Crippen LogP contribution >= 0.6 is 24.0 Å². The van der Waals surface area contributed by atoms with E-state index in [-0.39, 0.29) is 35.7 Å². The first-order chi connectivity index (χ1) is 26.1. The maximum Gasteiger partial charge on any atom is 0.338 e. The average molecular weight is 767 g/mol. The van der Waals surface area contributed by atoms with Crippen molar-refractivity contribution in [1.29, 1.82) is 0 Å². The highest BCUT2D eigenvalue weighted by atomic mass is 32.2. The number of nitrogens with one attached hydrogen (secondary N) is 2. The van der Waals surface area contributed by atoms with Crippen LogP contribution in [0.4, 0.5) is 11.4 Å². The Hall–Kier alpha value is -6.32. The van der Waals surface area contributed by atoms with Gasteiger partial charge in [-0.3, -0.25) is 14.4 Å². The second-order valence-corrected chi connectivity index (χ2v) is 12.8. The van der Waals surface area contributed by atoms with Crippen molar-refractivity contribution in [3.8, 4) is 11.5 Å². The van der Waals surface area contributed by atoms with E-state index in [1.807, 2.05) is 0 Å². The maximum absolute atomic E-state index is 13.4. The van der Waals surface area contributed by atoms with Gasteiger partial charge in [0.05, 0.1) is 35.5 Å². The van der Waals surface area contributed by atoms with Crippen LogP contribution in [0.2, 0.25) is 0 Å². The molecule has 4 aromatic rings. The van der Waals surface area contributed by atoms with Gasteiger partial charge in [0.2, 0.25) is 0 Å². The minimum Gasteiger partial charge on any atom is -0.483 e. The summed E-state index contributed by atoms with van der Waals surface area (Å²) in [6.45, 7) is 3.32. The molecule has 3 amide bonds. The molecule has 1 saturated heterocycles. The molecule has 0 unspecified atom stereocenters. The van der Waals surface area contributed by atoms with Gasteiger partial charge in [0.25, 0.3) is 17.7 Å². The van der Waals surface area contributed by atoms with Gasteiger partial charge in [0.15, 0.2) is 17.5 Å². The molecule has 0 aromatic heterocycles. The lowest BCUT2D eigenvalue weighted by atomic mass is 10.2. The van der Waals surface area contributed by atoms with Gasteiger partial charge >= 0.3 is 11.9 Å². The molecule has 0 spiro atoms. The Balaban J connectivity index is 1.17. The maximum atomic E-state index is 13.4. The van der Waals surface area contributed by atoms with Crippen molar-refractivity contribution in [3.05, 3.63) is 124 Å². The highest BCUT2D eigenvalue weighted by Crippen LogP contribution is 2.34. The molecule has 2 N–H and O–H groups in total. The highest BCUT2D eigenvalue weighted by molar-refractivity contribution is 8.26. The number of esters is 2. The fourth-order valence-corrected chi connectivity index (χ4v) is 5.92. The molecular formula is C39H34N4O9S2. The number of thioether (sulfide) groups is 1. The summed E-state index contributed by atoms with van der Waals surface area (Å²) in [4.78, 5) is 62.6. The Kier molecular flexibility index (Phi) is 13.7. The summed E-state index contributed by atoms with van der Waals surface area (Å²) in [5, 5.41) is 10.8. The first-order valence-electron chi connectivity index (χ1n) is 16.5. The summed E-state index contributed by atoms with van der Waals surface area (Å²) >= 11 is 6.51. The zero-order valence-corrected chi connectivity index (χ0v) is 30.7.